The Balaban J connectivity index is 1.85. The third-order valence-corrected chi connectivity index (χ3v) is 6.00. The highest BCUT2D eigenvalue weighted by molar-refractivity contribution is 7.13. The molecular formula is C28H30N2S. The van der Waals surface area contributed by atoms with Gasteiger partial charge in [-0.1, -0.05) is 77.4 Å². The van der Waals surface area contributed by atoms with Crippen molar-refractivity contribution in [3.05, 3.63) is 80.5 Å². The maximum atomic E-state index is 6.14. The number of benzene rings is 2. The second-order valence-corrected chi connectivity index (χ2v) is 10.9. The van der Waals surface area contributed by atoms with Gasteiger partial charge in [0.15, 0.2) is 0 Å². The predicted molar refractivity (Wildman–Crippen MR) is 135 cm³/mol. The van der Waals surface area contributed by atoms with Crippen molar-refractivity contribution in [1.29, 1.82) is 0 Å². The SMILES string of the molecule is CC(C)(C)c1ccc(N)c(C#Cc2ccc(C#Cc3cc(C(C)(C)C)ccc3N)s2)c1. The van der Waals surface area contributed by atoms with Crippen LogP contribution in [0.5, 0.6) is 0 Å². The van der Waals surface area contributed by atoms with Gasteiger partial charge < -0.3 is 11.5 Å². The van der Waals surface area contributed by atoms with Crippen molar-refractivity contribution in [1.82, 2.24) is 0 Å². The van der Waals surface area contributed by atoms with E-state index in [2.05, 4.69) is 89.5 Å². The minimum atomic E-state index is 0.0575. The lowest BCUT2D eigenvalue weighted by atomic mass is 9.86. The summed E-state index contributed by atoms with van der Waals surface area (Å²) in [5, 5.41) is 0. The molecule has 3 heteroatoms. The maximum absolute atomic E-state index is 6.14. The highest BCUT2D eigenvalue weighted by atomic mass is 32.1. The van der Waals surface area contributed by atoms with Crippen molar-refractivity contribution in [2.24, 2.45) is 0 Å². The van der Waals surface area contributed by atoms with E-state index in [1.165, 1.54) is 11.1 Å². The Labute approximate surface area is 190 Å². The Morgan fingerprint density at radius 3 is 1.32 bits per heavy atom. The molecule has 0 bridgehead atoms. The zero-order chi connectivity index (χ0) is 22.8. The minimum absolute atomic E-state index is 0.0575. The van der Waals surface area contributed by atoms with Gasteiger partial charge in [-0.2, -0.15) is 0 Å². The molecular weight excluding hydrogens is 396 g/mol. The van der Waals surface area contributed by atoms with Crippen molar-refractivity contribution < 1.29 is 0 Å². The van der Waals surface area contributed by atoms with E-state index < -0.39 is 0 Å². The Morgan fingerprint density at radius 2 is 0.968 bits per heavy atom. The Morgan fingerprint density at radius 1 is 0.581 bits per heavy atom. The van der Waals surface area contributed by atoms with Gasteiger partial charge in [0.2, 0.25) is 0 Å². The monoisotopic (exact) mass is 426 g/mol. The van der Waals surface area contributed by atoms with Crippen molar-refractivity contribution >= 4 is 22.7 Å². The van der Waals surface area contributed by atoms with Gasteiger partial charge in [-0.3, -0.25) is 0 Å². The van der Waals surface area contributed by atoms with Crippen LogP contribution in [0.4, 0.5) is 11.4 Å². The molecule has 31 heavy (non-hydrogen) atoms. The number of nitrogens with two attached hydrogens (primary N) is 2. The molecule has 2 aromatic carbocycles. The summed E-state index contributed by atoms with van der Waals surface area (Å²) in [6, 6.07) is 16.2. The molecule has 2 nitrogen and oxygen atoms in total. The molecule has 0 saturated carbocycles. The molecule has 0 radical (unpaired) electrons. The topological polar surface area (TPSA) is 52.0 Å². The summed E-state index contributed by atoms with van der Waals surface area (Å²) in [5.74, 6) is 12.9. The molecule has 1 aromatic heterocycles. The third kappa shape index (κ3) is 5.72. The van der Waals surface area contributed by atoms with Crippen LogP contribution < -0.4 is 11.5 Å². The van der Waals surface area contributed by atoms with Crippen LogP contribution in [-0.4, -0.2) is 0 Å². The molecule has 0 atom stereocenters. The Bertz CT molecular complexity index is 1130. The molecule has 0 amide bonds. The van der Waals surface area contributed by atoms with Crippen LogP contribution >= 0.6 is 11.3 Å². The van der Waals surface area contributed by atoms with Gasteiger partial charge >= 0.3 is 0 Å². The normalized spacial score (nSPS) is 11.3. The smallest absolute Gasteiger partial charge is 0.0785 e. The zero-order valence-electron chi connectivity index (χ0n) is 19.2. The molecule has 0 aliphatic carbocycles. The molecule has 3 rings (SSSR count). The average Bonchev–Trinajstić information content (AvgIpc) is 3.12. The Kier molecular flexibility index (Phi) is 6.21. The molecule has 0 spiro atoms. The lowest BCUT2D eigenvalue weighted by molar-refractivity contribution is 0.590. The number of thiophene rings is 1. The summed E-state index contributed by atoms with van der Waals surface area (Å²) in [6.07, 6.45) is 0. The summed E-state index contributed by atoms with van der Waals surface area (Å²) in [7, 11) is 0. The second kappa shape index (κ2) is 8.54. The fourth-order valence-electron chi connectivity index (χ4n) is 2.99. The number of rotatable bonds is 0. The summed E-state index contributed by atoms with van der Waals surface area (Å²) in [6.45, 7) is 13.1. The highest BCUT2D eigenvalue weighted by Gasteiger charge is 2.15. The van der Waals surface area contributed by atoms with Gasteiger partial charge in [0.25, 0.3) is 0 Å². The molecule has 4 N–H and O–H groups in total. The standard InChI is InChI=1S/C28H30N2S/c1-27(2,3)21-9-15-25(29)19(17-21)7-11-23-13-14-24(31-23)12-8-20-18-22(28(4,5)6)10-16-26(20)30/h9-10,13-18H,29-30H2,1-6H3. The number of hydrogen-bond acceptors (Lipinski definition) is 3. The molecule has 3 aromatic rings. The van der Waals surface area contributed by atoms with E-state index in [9.17, 15) is 0 Å². The summed E-state index contributed by atoms with van der Waals surface area (Å²) in [5.41, 5.74) is 18.0. The first kappa shape index (κ1) is 22.5. The second-order valence-electron chi connectivity index (χ2n) is 9.77. The first-order valence-corrected chi connectivity index (χ1v) is 11.2. The lowest BCUT2D eigenvalue weighted by Gasteiger charge is -2.19. The van der Waals surface area contributed by atoms with Crippen molar-refractivity contribution in [3.8, 4) is 23.7 Å². The van der Waals surface area contributed by atoms with E-state index in [1.54, 1.807) is 11.3 Å². The molecule has 0 fully saturated rings. The van der Waals surface area contributed by atoms with Gasteiger partial charge in [0.05, 0.1) is 9.75 Å². The summed E-state index contributed by atoms with van der Waals surface area (Å²) >= 11 is 1.57. The largest absolute Gasteiger partial charge is 0.398 e. The average molecular weight is 427 g/mol. The maximum Gasteiger partial charge on any atom is 0.0785 e. The first-order valence-electron chi connectivity index (χ1n) is 10.4. The van der Waals surface area contributed by atoms with Crippen LogP contribution in [0.2, 0.25) is 0 Å². The highest BCUT2D eigenvalue weighted by Crippen LogP contribution is 2.26. The van der Waals surface area contributed by atoms with Gasteiger partial charge in [0.1, 0.15) is 0 Å². The van der Waals surface area contributed by atoms with Gasteiger partial charge in [-0.05, 0) is 58.4 Å². The van der Waals surface area contributed by atoms with Gasteiger partial charge in [-0.25, -0.2) is 0 Å². The van der Waals surface area contributed by atoms with Crippen molar-refractivity contribution in [2.75, 3.05) is 11.5 Å². The van der Waals surface area contributed by atoms with E-state index in [0.717, 1.165) is 20.9 Å². The van der Waals surface area contributed by atoms with Crippen LogP contribution in [0.1, 0.15) is 73.6 Å². The van der Waals surface area contributed by atoms with Crippen LogP contribution in [-0.2, 0) is 10.8 Å². The third-order valence-electron chi connectivity index (χ3n) is 5.09. The fourth-order valence-corrected chi connectivity index (χ4v) is 3.71. The molecule has 0 saturated heterocycles. The number of hydrogen-bond donors (Lipinski definition) is 2. The van der Waals surface area contributed by atoms with Crippen molar-refractivity contribution in [2.45, 2.75) is 52.4 Å². The molecule has 158 valence electrons. The predicted octanol–water partition coefficient (Wildman–Crippen LogP) is 6.31. The molecule has 0 unspecified atom stereocenters. The van der Waals surface area contributed by atoms with Gasteiger partial charge in [0, 0.05) is 22.5 Å². The number of nitrogen functional groups attached to an aromatic ring is 2. The fraction of sp³-hybridized carbons (Fsp3) is 0.286. The van der Waals surface area contributed by atoms with E-state index in [-0.39, 0.29) is 10.8 Å². The van der Waals surface area contributed by atoms with E-state index in [1.807, 2.05) is 24.3 Å². The zero-order valence-corrected chi connectivity index (χ0v) is 20.0. The quantitative estimate of drug-likeness (QED) is 0.327. The molecule has 0 aliphatic heterocycles. The molecule has 0 aliphatic rings. The lowest BCUT2D eigenvalue weighted by Crippen LogP contribution is -2.11. The van der Waals surface area contributed by atoms with Crippen LogP contribution in [0.3, 0.4) is 0 Å². The first-order chi connectivity index (χ1) is 14.4. The van der Waals surface area contributed by atoms with E-state index >= 15 is 0 Å². The summed E-state index contributed by atoms with van der Waals surface area (Å²) in [4.78, 5) is 1.92. The van der Waals surface area contributed by atoms with E-state index in [0.29, 0.717) is 11.4 Å². The van der Waals surface area contributed by atoms with Crippen LogP contribution in [0, 0.1) is 23.7 Å². The summed E-state index contributed by atoms with van der Waals surface area (Å²) < 4.78 is 0. The molecule has 1 heterocycles. The van der Waals surface area contributed by atoms with E-state index in [4.69, 9.17) is 11.5 Å². The Hall–Kier alpha value is -3.14. The minimum Gasteiger partial charge on any atom is -0.398 e. The van der Waals surface area contributed by atoms with Crippen LogP contribution in [0.25, 0.3) is 0 Å². The van der Waals surface area contributed by atoms with Crippen molar-refractivity contribution in [3.63, 3.8) is 0 Å². The van der Waals surface area contributed by atoms with Gasteiger partial charge in [-0.15, -0.1) is 11.3 Å². The number of anilines is 2. The van der Waals surface area contributed by atoms with Crippen LogP contribution in [0.15, 0.2) is 48.5 Å².